The first-order valence-electron chi connectivity index (χ1n) is 15.4. The van der Waals surface area contributed by atoms with Crippen molar-refractivity contribution >= 4 is 32.8 Å². The molecule has 220 valence electrons. The van der Waals surface area contributed by atoms with Crippen LogP contribution in [0.4, 0.5) is 0 Å². The highest BCUT2D eigenvalue weighted by Crippen LogP contribution is 2.38. The number of pyridine rings is 4. The Kier molecular flexibility index (Phi) is 6.35. The Hall–Kier alpha value is -6.53. The van der Waals surface area contributed by atoms with E-state index in [2.05, 4.69) is 76.7 Å². The molecule has 9 rings (SSSR count). The fourth-order valence-corrected chi connectivity index (χ4v) is 6.16. The van der Waals surface area contributed by atoms with Crippen LogP contribution >= 0.6 is 0 Å². The zero-order valence-corrected chi connectivity index (χ0v) is 25.1. The number of hydrogen-bond acceptors (Lipinski definition) is 6. The normalized spacial score (nSPS) is 11.4. The molecule has 9 aromatic rings. The average Bonchev–Trinajstić information content (AvgIpc) is 3.60. The van der Waals surface area contributed by atoms with Crippen LogP contribution < -0.4 is 0 Å². The largest absolute Gasteiger partial charge is 0.436 e. The molecule has 0 fully saturated rings. The van der Waals surface area contributed by atoms with E-state index < -0.39 is 0 Å². The van der Waals surface area contributed by atoms with Gasteiger partial charge in [0.2, 0.25) is 5.89 Å². The number of benzene rings is 4. The van der Waals surface area contributed by atoms with E-state index in [1.807, 2.05) is 72.8 Å². The van der Waals surface area contributed by atoms with Gasteiger partial charge in [-0.2, -0.15) is 0 Å². The lowest BCUT2D eigenvalue weighted by Crippen LogP contribution is -1.93. The number of aromatic nitrogens is 5. The van der Waals surface area contributed by atoms with E-state index >= 15 is 0 Å². The summed E-state index contributed by atoms with van der Waals surface area (Å²) in [5, 5.41) is 3.13. The van der Waals surface area contributed by atoms with E-state index in [9.17, 15) is 0 Å². The first-order valence-corrected chi connectivity index (χ1v) is 15.4. The second-order valence-corrected chi connectivity index (χ2v) is 11.3. The fraction of sp³-hybridized carbons (Fsp3) is 0. The van der Waals surface area contributed by atoms with Gasteiger partial charge >= 0.3 is 0 Å². The van der Waals surface area contributed by atoms with Crippen molar-refractivity contribution in [2.24, 2.45) is 0 Å². The number of para-hydroxylation sites is 1. The van der Waals surface area contributed by atoms with Gasteiger partial charge in [0.15, 0.2) is 5.58 Å². The quantitative estimate of drug-likeness (QED) is 0.182. The van der Waals surface area contributed by atoms with Crippen LogP contribution in [0.3, 0.4) is 0 Å². The minimum Gasteiger partial charge on any atom is -0.436 e. The maximum atomic E-state index is 6.40. The molecule has 0 aliphatic carbocycles. The lowest BCUT2D eigenvalue weighted by Gasteiger charge is -2.10. The van der Waals surface area contributed by atoms with Crippen LogP contribution in [0.25, 0.3) is 89.4 Å². The summed E-state index contributed by atoms with van der Waals surface area (Å²) in [6.07, 6.45) is 3.56. The van der Waals surface area contributed by atoms with Crippen molar-refractivity contribution in [3.63, 3.8) is 0 Å². The van der Waals surface area contributed by atoms with E-state index in [-0.39, 0.29) is 0 Å². The third-order valence-electron chi connectivity index (χ3n) is 8.41. The zero-order valence-electron chi connectivity index (χ0n) is 25.1. The van der Waals surface area contributed by atoms with Crippen molar-refractivity contribution in [2.75, 3.05) is 0 Å². The second-order valence-electron chi connectivity index (χ2n) is 11.3. The maximum absolute atomic E-state index is 6.40. The number of hydrogen-bond donors (Lipinski definition) is 0. The van der Waals surface area contributed by atoms with Crippen LogP contribution in [0, 0.1) is 0 Å². The Morgan fingerprint density at radius 1 is 0.426 bits per heavy atom. The third-order valence-corrected chi connectivity index (χ3v) is 8.41. The van der Waals surface area contributed by atoms with Gasteiger partial charge in [-0.3, -0.25) is 9.97 Å². The zero-order chi connectivity index (χ0) is 31.2. The Bertz CT molecular complexity index is 2490. The summed E-state index contributed by atoms with van der Waals surface area (Å²) >= 11 is 0. The highest BCUT2D eigenvalue weighted by atomic mass is 16.3. The Balaban J connectivity index is 1.16. The van der Waals surface area contributed by atoms with E-state index in [0.717, 1.165) is 83.5 Å². The number of fused-ring (bicyclic) bond motifs is 5. The Labute approximate surface area is 270 Å². The lowest BCUT2D eigenvalue weighted by atomic mass is 9.99. The minimum atomic E-state index is 0.569. The van der Waals surface area contributed by atoms with Crippen LogP contribution in [0.15, 0.2) is 156 Å². The summed E-state index contributed by atoms with van der Waals surface area (Å²) < 4.78 is 6.40. The molecular weight excluding hydrogens is 578 g/mol. The summed E-state index contributed by atoms with van der Waals surface area (Å²) in [5.41, 5.74) is 10.6. The molecule has 0 radical (unpaired) electrons. The van der Waals surface area contributed by atoms with Crippen LogP contribution in [-0.4, -0.2) is 24.9 Å². The smallest absolute Gasteiger partial charge is 0.227 e. The summed E-state index contributed by atoms with van der Waals surface area (Å²) in [6.45, 7) is 0. The minimum absolute atomic E-state index is 0.569. The second kappa shape index (κ2) is 11.1. The summed E-state index contributed by atoms with van der Waals surface area (Å²) in [6, 6.07) is 46.7. The monoisotopic (exact) mass is 603 g/mol. The summed E-state index contributed by atoms with van der Waals surface area (Å²) in [4.78, 5) is 24.2. The standard InChI is InChI=1S/C41H25N5O/c1-2-10-27(11-3-1)39-31-20-21-37-40(38(31)30-12-4-5-13-32(30)45-39)46-41(47-37)28-18-16-26(17-19-28)29-24-35(33-14-6-8-22-42-33)44-36(25-29)34-15-7-9-23-43-34/h1-25H. The molecular formula is C41H25N5O. The number of rotatable bonds is 5. The molecule has 4 aromatic carbocycles. The molecule has 0 saturated carbocycles. The van der Waals surface area contributed by atoms with Crippen LogP contribution in [0.2, 0.25) is 0 Å². The average molecular weight is 604 g/mol. The molecule has 0 saturated heterocycles. The molecule has 6 heteroatoms. The van der Waals surface area contributed by atoms with Crippen molar-refractivity contribution in [3.8, 4) is 56.6 Å². The van der Waals surface area contributed by atoms with E-state index in [1.165, 1.54) is 0 Å². The lowest BCUT2D eigenvalue weighted by molar-refractivity contribution is 0.620. The van der Waals surface area contributed by atoms with E-state index in [1.54, 1.807) is 12.4 Å². The first-order chi connectivity index (χ1) is 23.3. The Morgan fingerprint density at radius 2 is 1.09 bits per heavy atom. The van der Waals surface area contributed by atoms with Gasteiger partial charge in [0.1, 0.15) is 5.52 Å². The molecule has 0 aliphatic heterocycles. The third kappa shape index (κ3) is 4.80. The highest BCUT2D eigenvalue weighted by molar-refractivity contribution is 6.20. The molecule has 0 spiro atoms. The molecule has 5 heterocycles. The van der Waals surface area contributed by atoms with Gasteiger partial charge in [0.05, 0.1) is 34.0 Å². The molecule has 0 amide bonds. The van der Waals surface area contributed by atoms with Gasteiger partial charge in [-0.25, -0.2) is 15.0 Å². The van der Waals surface area contributed by atoms with Crippen molar-refractivity contribution in [3.05, 3.63) is 152 Å². The van der Waals surface area contributed by atoms with Gasteiger partial charge in [-0.1, -0.05) is 72.8 Å². The van der Waals surface area contributed by atoms with Gasteiger partial charge in [-0.15, -0.1) is 0 Å². The maximum Gasteiger partial charge on any atom is 0.227 e. The molecule has 0 atom stereocenters. The van der Waals surface area contributed by atoms with Crippen molar-refractivity contribution < 1.29 is 4.42 Å². The van der Waals surface area contributed by atoms with Gasteiger partial charge in [-0.05, 0) is 77.9 Å². The van der Waals surface area contributed by atoms with E-state index in [4.69, 9.17) is 19.4 Å². The first kappa shape index (κ1) is 26.8. The Morgan fingerprint density at radius 3 is 1.79 bits per heavy atom. The topological polar surface area (TPSA) is 77.6 Å². The number of nitrogens with zero attached hydrogens (tertiary/aromatic N) is 5. The SMILES string of the molecule is c1ccc(-c2nc3ccccc3c3c2ccc2oc(-c4ccc(-c5cc(-c6ccccn6)nc(-c6ccccn6)c5)cc4)nc23)cc1. The number of oxazole rings is 1. The predicted molar refractivity (Wildman–Crippen MR) is 187 cm³/mol. The van der Waals surface area contributed by atoms with Crippen molar-refractivity contribution in [2.45, 2.75) is 0 Å². The fourth-order valence-electron chi connectivity index (χ4n) is 6.16. The molecule has 5 aromatic heterocycles. The van der Waals surface area contributed by atoms with Crippen molar-refractivity contribution in [1.29, 1.82) is 0 Å². The van der Waals surface area contributed by atoms with Gasteiger partial charge in [0, 0.05) is 39.7 Å². The van der Waals surface area contributed by atoms with Crippen LogP contribution in [0.1, 0.15) is 0 Å². The summed E-state index contributed by atoms with van der Waals surface area (Å²) in [7, 11) is 0. The molecule has 6 nitrogen and oxygen atoms in total. The van der Waals surface area contributed by atoms with Gasteiger partial charge < -0.3 is 4.42 Å². The molecule has 0 unspecified atom stereocenters. The van der Waals surface area contributed by atoms with Crippen LogP contribution in [0.5, 0.6) is 0 Å². The summed E-state index contributed by atoms with van der Waals surface area (Å²) in [5.74, 6) is 0.569. The molecule has 0 N–H and O–H groups in total. The highest BCUT2D eigenvalue weighted by Gasteiger charge is 2.18. The predicted octanol–water partition coefficient (Wildman–Crippen LogP) is 10.0. The van der Waals surface area contributed by atoms with E-state index in [0.29, 0.717) is 5.89 Å². The van der Waals surface area contributed by atoms with Gasteiger partial charge in [0.25, 0.3) is 0 Å². The molecule has 0 aliphatic rings. The van der Waals surface area contributed by atoms with Crippen LogP contribution in [-0.2, 0) is 0 Å². The molecule has 47 heavy (non-hydrogen) atoms. The van der Waals surface area contributed by atoms with Crippen molar-refractivity contribution in [1.82, 2.24) is 24.9 Å². The molecule has 0 bridgehead atoms.